The summed E-state index contributed by atoms with van der Waals surface area (Å²) in [4.78, 5) is 9.92. The van der Waals surface area contributed by atoms with E-state index in [2.05, 4.69) is 0 Å². The Morgan fingerprint density at radius 2 is 2.00 bits per heavy atom. The Morgan fingerprint density at radius 3 is 2.00 bits per heavy atom. The summed E-state index contributed by atoms with van der Waals surface area (Å²) in [6, 6.07) is 1.58. The highest BCUT2D eigenvalue weighted by atomic mass is 16.4. The highest BCUT2D eigenvalue weighted by Gasteiger charge is 2.28. The second-order valence-corrected chi connectivity index (χ2v) is 2.02. The van der Waals surface area contributed by atoms with Gasteiger partial charge in [0.2, 0.25) is 0 Å². The molecule has 0 aromatic heterocycles. The van der Waals surface area contributed by atoms with Crippen LogP contribution < -0.4 is 0 Å². The van der Waals surface area contributed by atoms with Gasteiger partial charge in [0, 0.05) is 0 Å². The molecule has 0 aliphatic carbocycles. The van der Waals surface area contributed by atoms with Gasteiger partial charge in [0.25, 0.3) is 0 Å². The van der Waals surface area contributed by atoms with Crippen LogP contribution in [0, 0.1) is 16.7 Å². The topological polar surface area (TPSA) is 60.8 Å². The lowest BCUT2D eigenvalue weighted by molar-refractivity contribution is -0.150. The van der Waals surface area contributed by atoms with Gasteiger partial charge in [-0.1, -0.05) is 0 Å². The minimum absolute atomic E-state index is 1.29. The number of nitrogens with zero attached hydrogens (tertiary/aromatic N) is 1. The zero-order valence-electron chi connectivity index (χ0n) is 4.76. The predicted octanol–water partition coefficient (Wildman–Crippen LogP) is 0.493. The molecular weight excluding hydrogens is 106 g/mol. The van der Waals surface area contributed by atoms with Crippen molar-refractivity contribution in [3.63, 3.8) is 0 Å². The van der Waals surface area contributed by atoms with Gasteiger partial charge in [0.05, 0.1) is 6.07 Å². The third kappa shape index (κ3) is 1.23. The van der Waals surface area contributed by atoms with Crippen molar-refractivity contribution in [3.05, 3.63) is 0 Å². The van der Waals surface area contributed by atoms with E-state index in [0.717, 1.165) is 0 Å². The first-order chi connectivity index (χ1) is 3.50. The lowest BCUT2D eigenvalue weighted by atomic mass is 9.97. The van der Waals surface area contributed by atoms with Gasteiger partial charge in [-0.2, -0.15) is 5.26 Å². The molecule has 8 heavy (non-hydrogen) atoms. The van der Waals surface area contributed by atoms with Gasteiger partial charge in [-0.25, -0.2) is 9.90 Å². The Labute approximate surface area is 47.5 Å². The Morgan fingerprint density at radius 1 is 1.62 bits per heavy atom. The van der Waals surface area contributed by atoms with E-state index >= 15 is 0 Å². The van der Waals surface area contributed by atoms with Crippen LogP contribution in [0.5, 0.6) is 0 Å². The van der Waals surface area contributed by atoms with Crippen molar-refractivity contribution in [2.45, 2.75) is 13.8 Å². The zero-order chi connectivity index (χ0) is 6.78. The van der Waals surface area contributed by atoms with Crippen LogP contribution in [0.15, 0.2) is 0 Å². The molecule has 0 heterocycles. The molecule has 3 heteroatoms. The highest BCUT2D eigenvalue weighted by molar-refractivity contribution is 5.76. The minimum Gasteiger partial charge on any atom is -0.246 e. The Balaban J connectivity index is 4.19. The summed E-state index contributed by atoms with van der Waals surface area (Å²) >= 11 is 0. The molecule has 0 amide bonds. The standard InChI is InChI=1S/C5H6NO2/c1-5(2,3-6)4(7)8/h1-2H3. The van der Waals surface area contributed by atoms with Crippen LogP contribution in [0.1, 0.15) is 13.8 Å². The third-order valence-electron chi connectivity index (χ3n) is 0.790. The lowest BCUT2D eigenvalue weighted by Gasteiger charge is -2.02. The van der Waals surface area contributed by atoms with Crippen molar-refractivity contribution in [2.75, 3.05) is 0 Å². The number of carbonyl (C=O) groups excluding carboxylic acids is 1. The van der Waals surface area contributed by atoms with Crippen molar-refractivity contribution in [1.29, 1.82) is 5.26 Å². The quantitative estimate of drug-likeness (QED) is 0.495. The molecular formula is C5H6NO2. The zero-order valence-corrected chi connectivity index (χ0v) is 4.76. The number of hydrogen-bond acceptors (Lipinski definition) is 2. The molecule has 0 atom stereocenters. The first kappa shape index (κ1) is 6.96. The highest BCUT2D eigenvalue weighted by Crippen LogP contribution is 2.11. The fourth-order valence-electron chi connectivity index (χ4n) is 0.0456. The number of hydrogen-bond donors (Lipinski definition) is 0. The third-order valence-corrected chi connectivity index (χ3v) is 0.790. The minimum atomic E-state index is -1.35. The van der Waals surface area contributed by atoms with E-state index in [-0.39, 0.29) is 0 Å². The Bertz CT molecular complexity index is 143. The second-order valence-electron chi connectivity index (χ2n) is 2.02. The normalized spacial score (nSPS) is 10.1. The van der Waals surface area contributed by atoms with Crippen LogP contribution in [-0.4, -0.2) is 5.97 Å². The average molecular weight is 112 g/mol. The first-order valence-electron chi connectivity index (χ1n) is 2.13. The van der Waals surface area contributed by atoms with Gasteiger partial charge < -0.3 is 0 Å². The van der Waals surface area contributed by atoms with E-state index in [1.807, 2.05) is 0 Å². The molecule has 0 aliphatic rings. The van der Waals surface area contributed by atoms with Crippen molar-refractivity contribution in [1.82, 2.24) is 0 Å². The van der Waals surface area contributed by atoms with Gasteiger partial charge in [-0.05, 0) is 13.8 Å². The predicted molar refractivity (Wildman–Crippen MR) is 25.1 cm³/mol. The molecule has 3 nitrogen and oxygen atoms in total. The molecule has 1 radical (unpaired) electrons. The van der Waals surface area contributed by atoms with E-state index in [0.29, 0.717) is 0 Å². The van der Waals surface area contributed by atoms with E-state index < -0.39 is 11.4 Å². The summed E-state index contributed by atoms with van der Waals surface area (Å²) in [5.41, 5.74) is -1.35. The maximum absolute atomic E-state index is 9.92. The summed E-state index contributed by atoms with van der Waals surface area (Å²) in [6.45, 7) is 2.59. The van der Waals surface area contributed by atoms with E-state index in [1.54, 1.807) is 6.07 Å². The molecule has 0 rings (SSSR count). The van der Waals surface area contributed by atoms with Crippen LogP contribution in [-0.2, 0) is 9.90 Å². The molecule has 0 bridgehead atoms. The van der Waals surface area contributed by atoms with Gasteiger partial charge in [0.1, 0.15) is 0 Å². The van der Waals surface area contributed by atoms with Crippen LogP contribution in [0.25, 0.3) is 0 Å². The Hall–Kier alpha value is -1.04. The summed E-state index contributed by atoms with van der Waals surface area (Å²) in [6.07, 6.45) is 0. The maximum Gasteiger partial charge on any atom is 0.375 e. The summed E-state index contributed by atoms with van der Waals surface area (Å²) < 4.78 is 0. The van der Waals surface area contributed by atoms with E-state index in [1.165, 1.54) is 13.8 Å². The second kappa shape index (κ2) is 1.83. The van der Waals surface area contributed by atoms with Gasteiger partial charge in [-0.15, -0.1) is 0 Å². The molecule has 0 unspecified atom stereocenters. The molecule has 0 saturated carbocycles. The van der Waals surface area contributed by atoms with Crippen LogP contribution in [0.2, 0.25) is 0 Å². The molecule has 0 saturated heterocycles. The summed E-state index contributed by atoms with van der Waals surface area (Å²) in [7, 11) is 0. The number of rotatable bonds is 1. The average Bonchev–Trinajstić information content (AvgIpc) is 1.67. The van der Waals surface area contributed by atoms with Crippen molar-refractivity contribution < 1.29 is 9.90 Å². The SMILES string of the molecule is CC(C)(C#N)C([O])=O. The fourth-order valence-corrected chi connectivity index (χ4v) is 0.0456. The monoisotopic (exact) mass is 112 g/mol. The lowest BCUT2D eigenvalue weighted by Crippen LogP contribution is -2.19. The van der Waals surface area contributed by atoms with Crippen LogP contribution in [0.3, 0.4) is 0 Å². The first-order valence-corrected chi connectivity index (χ1v) is 2.13. The largest absolute Gasteiger partial charge is 0.375 e. The molecule has 0 aromatic rings. The van der Waals surface area contributed by atoms with Crippen molar-refractivity contribution >= 4 is 5.97 Å². The molecule has 0 N–H and O–H groups in total. The molecule has 0 spiro atoms. The van der Waals surface area contributed by atoms with Crippen molar-refractivity contribution in [3.8, 4) is 6.07 Å². The van der Waals surface area contributed by atoms with Crippen LogP contribution in [0.4, 0.5) is 0 Å². The van der Waals surface area contributed by atoms with Crippen LogP contribution >= 0.6 is 0 Å². The summed E-state index contributed by atoms with van der Waals surface area (Å²) in [5.74, 6) is -1.33. The van der Waals surface area contributed by atoms with Gasteiger partial charge >= 0.3 is 5.97 Å². The maximum atomic E-state index is 9.92. The van der Waals surface area contributed by atoms with E-state index in [9.17, 15) is 9.90 Å². The smallest absolute Gasteiger partial charge is 0.246 e. The molecule has 43 valence electrons. The van der Waals surface area contributed by atoms with Crippen molar-refractivity contribution in [2.24, 2.45) is 5.41 Å². The summed E-state index contributed by atoms with van der Waals surface area (Å²) in [5, 5.41) is 18.0. The molecule has 0 aliphatic heterocycles. The molecule has 0 fully saturated rings. The number of nitriles is 1. The Kier molecular flexibility index (Phi) is 1.59. The number of carbonyl (C=O) groups is 1. The van der Waals surface area contributed by atoms with E-state index in [4.69, 9.17) is 5.26 Å². The molecule has 0 aromatic carbocycles. The van der Waals surface area contributed by atoms with Gasteiger partial charge in [-0.3, -0.25) is 0 Å². The fraction of sp³-hybridized carbons (Fsp3) is 0.600. The van der Waals surface area contributed by atoms with Gasteiger partial charge in [0.15, 0.2) is 5.41 Å².